The summed E-state index contributed by atoms with van der Waals surface area (Å²) in [5.41, 5.74) is 3.04. The second-order valence-corrected chi connectivity index (χ2v) is 9.23. The lowest BCUT2D eigenvalue weighted by atomic mass is 10.1. The second-order valence-electron chi connectivity index (χ2n) is 7.27. The average molecular weight is 476 g/mol. The van der Waals surface area contributed by atoms with E-state index in [2.05, 4.69) is 4.99 Å². The summed E-state index contributed by atoms with van der Waals surface area (Å²) in [7, 11) is 3.22. The van der Waals surface area contributed by atoms with Gasteiger partial charge in [-0.1, -0.05) is 35.6 Å². The Kier molecular flexibility index (Phi) is 5.70. The van der Waals surface area contributed by atoms with Gasteiger partial charge in [0.15, 0.2) is 16.3 Å². The minimum atomic E-state index is -0.293. The first-order chi connectivity index (χ1) is 16.1. The summed E-state index contributed by atoms with van der Waals surface area (Å²) in [6.07, 6.45) is 0. The number of thiazole rings is 1. The summed E-state index contributed by atoms with van der Waals surface area (Å²) in [5, 5.41) is 2.79. The van der Waals surface area contributed by atoms with Gasteiger partial charge in [-0.2, -0.15) is 4.99 Å². The molecule has 0 unspecified atom stereocenters. The first-order valence-corrected chi connectivity index (χ1v) is 12.1. The number of methoxy groups -OCH3 is 2. The molecule has 0 fully saturated rings. The number of carbonyl (C=O) groups excluding carboxylic acids is 1. The Morgan fingerprint density at radius 1 is 1.06 bits per heavy atom. The van der Waals surface area contributed by atoms with Gasteiger partial charge in [-0.3, -0.25) is 4.79 Å². The number of hydrogen-bond donors (Lipinski definition) is 0. The van der Waals surface area contributed by atoms with E-state index in [4.69, 9.17) is 14.5 Å². The smallest absolute Gasteiger partial charge is 0.280 e. The molecule has 0 saturated carbocycles. The van der Waals surface area contributed by atoms with Gasteiger partial charge in [-0.05, 0) is 30.5 Å². The number of carbonyl (C=O) groups is 1. The number of nitrogens with zero attached hydrogens (tertiary/aromatic N) is 3. The molecule has 8 heteroatoms. The highest BCUT2D eigenvalue weighted by Crippen LogP contribution is 2.33. The van der Waals surface area contributed by atoms with Crippen LogP contribution >= 0.6 is 22.7 Å². The molecule has 0 spiro atoms. The van der Waals surface area contributed by atoms with Gasteiger partial charge in [0.05, 0.1) is 46.1 Å². The number of aromatic nitrogens is 2. The summed E-state index contributed by atoms with van der Waals surface area (Å²) in [6.45, 7) is 2.70. The normalized spacial score (nSPS) is 11.9. The number of rotatable bonds is 5. The first-order valence-electron chi connectivity index (χ1n) is 10.4. The van der Waals surface area contributed by atoms with Crippen molar-refractivity contribution >= 4 is 49.7 Å². The Bertz CT molecular complexity index is 1550. The predicted octanol–water partition coefficient (Wildman–Crippen LogP) is 5.76. The molecular formula is C25H21N3O3S2. The van der Waals surface area contributed by atoms with Crippen LogP contribution in [0.15, 0.2) is 65.0 Å². The van der Waals surface area contributed by atoms with Gasteiger partial charge in [-0.25, -0.2) is 4.98 Å². The lowest BCUT2D eigenvalue weighted by Crippen LogP contribution is -2.16. The molecule has 0 bridgehead atoms. The van der Waals surface area contributed by atoms with Crippen molar-refractivity contribution in [2.45, 2.75) is 13.5 Å². The number of thiophene rings is 1. The van der Waals surface area contributed by atoms with Crippen molar-refractivity contribution < 1.29 is 14.3 Å². The van der Waals surface area contributed by atoms with E-state index in [1.165, 1.54) is 11.3 Å². The van der Waals surface area contributed by atoms with Gasteiger partial charge in [0.2, 0.25) is 0 Å². The third-order valence-electron chi connectivity index (χ3n) is 5.42. The van der Waals surface area contributed by atoms with Crippen LogP contribution in [0.3, 0.4) is 0 Å². The largest absolute Gasteiger partial charge is 0.493 e. The maximum absolute atomic E-state index is 13.5. The van der Waals surface area contributed by atoms with E-state index in [-0.39, 0.29) is 5.91 Å². The Morgan fingerprint density at radius 2 is 1.85 bits per heavy atom. The lowest BCUT2D eigenvalue weighted by Gasteiger charge is -2.08. The molecule has 0 aliphatic carbocycles. The van der Waals surface area contributed by atoms with Crippen LogP contribution in [0.4, 0.5) is 0 Å². The number of aryl methyl sites for hydroxylation is 1. The zero-order chi connectivity index (χ0) is 22.9. The van der Waals surface area contributed by atoms with Crippen molar-refractivity contribution in [2.24, 2.45) is 4.99 Å². The Balaban J connectivity index is 1.70. The molecule has 0 radical (unpaired) electrons. The van der Waals surface area contributed by atoms with Crippen LogP contribution in [-0.2, 0) is 6.54 Å². The number of benzene rings is 2. The maximum atomic E-state index is 13.5. The fraction of sp³-hybridized carbons (Fsp3) is 0.160. The van der Waals surface area contributed by atoms with Crippen molar-refractivity contribution in [2.75, 3.05) is 14.2 Å². The topological polar surface area (TPSA) is 65.7 Å². The van der Waals surface area contributed by atoms with Crippen molar-refractivity contribution in [3.63, 3.8) is 0 Å². The maximum Gasteiger partial charge on any atom is 0.280 e. The van der Waals surface area contributed by atoms with Crippen molar-refractivity contribution in [1.29, 1.82) is 0 Å². The highest BCUT2D eigenvalue weighted by Gasteiger charge is 2.16. The summed E-state index contributed by atoms with van der Waals surface area (Å²) in [6, 6.07) is 17.4. The van der Waals surface area contributed by atoms with Crippen LogP contribution < -0.4 is 14.3 Å². The van der Waals surface area contributed by atoms with Gasteiger partial charge in [-0.15, -0.1) is 11.3 Å². The molecule has 0 aliphatic heterocycles. The SMILES string of the molecule is CCn1c(=NC(=O)c2cc(-c3cccs3)nc3ccccc23)sc2cc(OC)c(OC)cc21. The standard InChI is InChI=1S/C25H21N3O3S2/c1-4-28-19-13-20(30-2)21(31-3)14-23(19)33-25(28)27-24(29)16-12-18(22-10-7-11-32-22)26-17-9-6-5-8-15(16)17/h5-14H,4H2,1-3H3. The highest BCUT2D eigenvalue weighted by atomic mass is 32.1. The molecule has 6 nitrogen and oxygen atoms in total. The summed E-state index contributed by atoms with van der Waals surface area (Å²) in [5.74, 6) is 0.996. The molecule has 5 aromatic rings. The first kappa shape index (κ1) is 21.4. The van der Waals surface area contributed by atoms with Crippen LogP contribution in [-0.4, -0.2) is 29.7 Å². The quantitative estimate of drug-likeness (QED) is 0.324. The molecule has 0 aliphatic rings. The lowest BCUT2D eigenvalue weighted by molar-refractivity contribution is 0.0999. The third-order valence-corrected chi connectivity index (χ3v) is 7.36. The monoisotopic (exact) mass is 475 g/mol. The molecule has 0 saturated heterocycles. The number of para-hydroxylation sites is 1. The highest BCUT2D eigenvalue weighted by molar-refractivity contribution is 7.16. The molecule has 5 rings (SSSR count). The minimum absolute atomic E-state index is 0.293. The molecule has 0 atom stereocenters. The predicted molar refractivity (Wildman–Crippen MR) is 134 cm³/mol. The average Bonchev–Trinajstić information content (AvgIpc) is 3.50. The zero-order valence-electron chi connectivity index (χ0n) is 18.4. The van der Waals surface area contributed by atoms with E-state index < -0.39 is 0 Å². The van der Waals surface area contributed by atoms with E-state index in [0.29, 0.717) is 28.4 Å². The van der Waals surface area contributed by atoms with Crippen molar-refractivity contribution in [3.05, 3.63) is 70.3 Å². The van der Waals surface area contributed by atoms with Crippen LogP contribution in [0, 0.1) is 0 Å². The fourth-order valence-electron chi connectivity index (χ4n) is 3.84. The molecule has 0 N–H and O–H groups in total. The summed E-state index contributed by atoms with van der Waals surface area (Å²) >= 11 is 3.05. The third kappa shape index (κ3) is 3.81. The van der Waals surface area contributed by atoms with Crippen molar-refractivity contribution in [3.8, 4) is 22.1 Å². The number of fused-ring (bicyclic) bond motifs is 2. The van der Waals surface area contributed by atoms with E-state index >= 15 is 0 Å². The molecule has 3 heterocycles. The van der Waals surface area contributed by atoms with E-state index in [1.807, 2.05) is 71.5 Å². The Morgan fingerprint density at radius 3 is 2.58 bits per heavy atom. The summed E-state index contributed by atoms with van der Waals surface area (Å²) in [4.78, 5) is 24.5. The number of ether oxygens (including phenoxy) is 2. The van der Waals surface area contributed by atoms with Gasteiger partial charge < -0.3 is 14.0 Å². The van der Waals surface area contributed by atoms with Gasteiger partial charge >= 0.3 is 0 Å². The number of pyridine rings is 1. The molecule has 33 heavy (non-hydrogen) atoms. The van der Waals surface area contributed by atoms with Crippen LogP contribution in [0.1, 0.15) is 17.3 Å². The Hall–Kier alpha value is -3.49. The fourth-order valence-corrected chi connectivity index (χ4v) is 5.63. The molecule has 166 valence electrons. The van der Waals surface area contributed by atoms with E-state index in [9.17, 15) is 4.79 Å². The van der Waals surface area contributed by atoms with Crippen LogP contribution in [0.25, 0.3) is 31.7 Å². The zero-order valence-corrected chi connectivity index (χ0v) is 20.0. The van der Waals surface area contributed by atoms with Crippen molar-refractivity contribution in [1.82, 2.24) is 9.55 Å². The summed E-state index contributed by atoms with van der Waals surface area (Å²) < 4.78 is 13.9. The number of amides is 1. The van der Waals surface area contributed by atoms with Crippen LogP contribution in [0.5, 0.6) is 11.5 Å². The molecule has 1 amide bonds. The molecule has 2 aromatic carbocycles. The Labute approximate surface area is 198 Å². The minimum Gasteiger partial charge on any atom is -0.493 e. The van der Waals surface area contributed by atoms with Gasteiger partial charge in [0.25, 0.3) is 5.91 Å². The van der Waals surface area contributed by atoms with E-state index in [0.717, 1.165) is 31.7 Å². The van der Waals surface area contributed by atoms with Gasteiger partial charge in [0, 0.05) is 24.1 Å². The second kappa shape index (κ2) is 8.80. The molecule has 3 aromatic heterocycles. The van der Waals surface area contributed by atoms with Crippen LogP contribution in [0.2, 0.25) is 0 Å². The number of hydrogen-bond acceptors (Lipinski definition) is 6. The molecular weight excluding hydrogens is 454 g/mol. The van der Waals surface area contributed by atoms with E-state index in [1.54, 1.807) is 25.6 Å². The van der Waals surface area contributed by atoms with Gasteiger partial charge in [0.1, 0.15) is 0 Å².